The average molecular weight is 311 g/mol. The average Bonchev–Trinajstić information content (AvgIpc) is 2.50. The molecule has 2 N–H and O–H groups in total. The lowest BCUT2D eigenvalue weighted by Gasteiger charge is -2.32. The zero-order valence-electron chi connectivity index (χ0n) is 12.7. The van der Waals surface area contributed by atoms with Crippen LogP contribution in [0, 0.1) is 11.6 Å². The molecule has 2 rings (SSSR count). The minimum absolute atomic E-state index is 0.157. The van der Waals surface area contributed by atoms with Gasteiger partial charge in [0.15, 0.2) is 0 Å². The third-order valence-electron chi connectivity index (χ3n) is 4.26. The third-order valence-corrected chi connectivity index (χ3v) is 4.26. The summed E-state index contributed by atoms with van der Waals surface area (Å²) in [7, 11) is 0. The summed E-state index contributed by atoms with van der Waals surface area (Å²) in [5.74, 6) is -1.07. The van der Waals surface area contributed by atoms with Crippen molar-refractivity contribution >= 4 is 5.91 Å². The predicted octanol–water partition coefficient (Wildman–Crippen LogP) is 3.10. The summed E-state index contributed by atoms with van der Waals surface area (Å²) in [5, 5.41) is 13.0. The molecule has 122 valence electrons. The fourth-order valence-corrected chi connectivity index (χ4v) is 2.91. The summed E-state index contributed by atoms with van der Waals surface area (Å²) < 4.78 is 26.5. The van der Waals surface area contributed by atoms with Crippen molar-refractivity contribution in [1.29, 1.82) is 0 Å². The molecule has 0 aliphatic heterocycles. The first kappa shape index (κ1) is 16.9. The van der Waals surface area contributed by atoms with E-state index in [1.807, 2.05) is 0 Å². The van der Waals surface area contributed by atoms with Crippen molar-refractivity contribution in [3.63, 3.8) is 0 Å². The smallest absolute Gasteiger partial charge is 0.220 e. The molecule has 0 spiro atoms. The molecule has 1 amide bonds. The van der Waals surface area contributed by atoms with Gasteiger partial charge in [-0.15, -0.1) is 0 Å². The topological polar surface area (TPSA) is 49.3 Å². The first-order chi connectivity index (χ1) is 10.5. The standard InChI is InChI=1S/C17H23F2NO2/c18-14-7-8-15(19)13(11-14)5-4-6-16(21)20-12-17(22)9-2-1-3-10-17/h7-8,11,22H,1-6,9-10,12H2,(H,20,21). The van der Waals surface area contributed by atoms with E-state index in [1.54, 1.807) is 0 Å². The zero-order chi connectivity index (χ0) is 16.0. The van der Waals surface area contributed by atoms with Crippen LogP contribution >= 0.6 is 0 Å². The van der Waals surface area contributed by atoms with Crippen LogP contribution in [0.25, 0.3) is 0 Å². The normalized spacial score (nSPS) is 17.2. The first-order valence-corrected chi connectivity index (χ1v) is 7.92. The molecule has 0 aromatic heterocycles. The van der Waals surface area contributed by atoms with Gasteiger partial charge in [0.1, 0.15) is 11.6 Å². The molecular weight excluding hydrogens is 288 g/mol. The molecule has 0 saturated heterocycles. The van der Waals surface area contributed by atoms with Crippen molar-refractivity contribution in [2.75, 3.05) is 6.54 Å². The maximum atomic E-state index is 13.4. The summed E-state index contributed by atoms with van der Waals surface area (Å²) in [6.45, 7) is 0.278. The van der Waals surface area contributed by atoms with Gasteiger partial charge >= 0.3 is 0 Å². The van der Waals surface area contributed by atoms with Crippen molar-refractivity contribution in [2.24, 2.45) is 0 Å². The second kappa shape index (κ2) is 7.68. The van der Waals surface area contributed by atoms with Crippen LogP contribution in [0.15, 0.2) is 18.2 Å². The minimum atomic E-state index is -0.775. The van der Waals surface area contributed by atoms with Gasteiger partial charge in [0.2, 0.25) is 5.91 Å². The fraction of sp³-hybridized carbons (Fsp3) is 0.588. The quantitative estimate of drug-likeness (QED) is 0.848. The van der Waals surface area contributed by atoms with Crippen molar-refractivity contribution in [1.82, 2.24) is 5.32 Å². The number of aryl methyl sites for hydroxylation is 1. The lowest BCUT2D eigenvalue weighted by Crippen LogP contribution is -2.44. The SMILES string of the molecule is O=C(CCCc1cc(F)ccc1F)NCC1(O)CCCCC1. The Morgan fingerprint density at radius 1 is 1.23 bits per heavy atom. The Hall–Kier alpha value is -1.49. The Kier molecular flexibility index (Phi) is 5.89. The van der Waals surface area contributed by atoms with Crippen molar-refractivity contribution in [2.45, 2.75) is 57.0 Å². The third kappa shape index (κ3) is 5.05. The number of rotatable bonds is 6. The molecular formula is C17H23F2NO2. The number of carbonyl (C=O) groups is 1. The lowest BCUT2D eigenvalue weighted by molar-refractivity contribution is -0.122. The monoisotopic (exact) mass is 311 g/mol. The van der Waals surface area contributed by atoms with Crippen LogP contribution in [0.4, 0.5) is 8.78 Å². The van der Waals surface area contributed by atoms with E-state index in [-0.39, 0.29) is 18.9 Å². The van der Waals surface area contributed by atoms with E-state index in [2.05, 4.69) is 5.32 Å². The molecule has 0 unspecified atom stereocenters. The molecule has 0 heterocycles. The molecule has 1 aliphatic rings. The van der Waals surface area contributed by atoms with Gasteiger partial charge in [0.25, 0.3) is 0 Å². The molecule has 0 bridgehead atoms. The van der Waals surface area contributed by atoms with Gasteiger partial charge in [0.05, 0.1) is 5.60 Å². The van der Waals surface area contributed by atoms with Crippen molar-refractivity contribution in [3.8, 4) is 0 Å². The summed E-state index contributed by atoms with van der Waals surface area (Å²) in [6, 6.07) is 3.34. The second-order valence-electron chi connectivity index (χ2n) is 6.15. The lowest BCUT2D eigenvalue weighted by atomic mass is 9.85. The number of hydrogen-bond donors (Lipinski definition) is 2. The van der Waals surface area contributed by atoms with E-state index < -0.39 is 17.2 Å². The largest absolute Gasteiger partial charge is 0.388 e. The summed E-state index contributed by atoms with van der Waals surface area (Å²) in [6.07, 6.45) is 5.58. The van der Waals surface area contributed by atoms with E-state index in [9.17, 15) is 18.7 Å². The molecule has 0 radical (unpaired) electrons. The van der Waals surface area contributed by atoms with E-state index in [0.717, 1.165) is 50.3 Å². The van der Waals surface area contributed by atoms with Gasteiger partial charge in [0, 0.05) is 13.0 Å². The molecule has 5 heteroatoms. The molecule has 1 fully saturated rings. The number of halogens is 2. The van der Waals surface area contributed by atoms with Crippen molar-refractivity contribution in [3.05, 3.63) is 35.4 Å². The summed E-state index contributed by atoms with van der Waals surface area (Å²) in [5.41, 5.74) is -0.485. The highest BCUT2D eigenvalue weighted by atomic mass is 19.1. The van der Waals surface area contributed by atoms with Crippen LogP contribution in [0.1, 0.15) is 50.5 Å². The predicted molar refractivity (Wildman–Crippen MR) is 80.3 cm³/mol. The Morgan fingerprint density at radius 2 is 1.95 bits per heavy atom. The summed E-state index contributed by atoms with van der Waals surface area (Å²) in [4.78, 5) is 11.8. The number of nitrogens with one attached hydrogen (secondary N) is 1. The minimum Gasteiger partial charge on any atom is -0.388 e. The molecule has 3 nitrogen and oxygen atoms in total. The Morgan fingerprint density at radius 3 is 2.68 bits per heavy atom. The number of benzene rings is 1. The van der Waals surface area contributed by atoms with Crippen LogP contribution in [-0.2, 0) is 11.2 Å². The van der Waals surface area contributed by atoms with Crippen molar-refractivity contribution < 1.29 is 18.7 Å². The van der Waals surface area contributed by atoms with Crippen LogP contribution in [0.3, 0.4) is 0 Å². The number of carbonyl (C=O) groups excluding carboxylic acids is 1. The van der Waals surface area contributed by atoms with Crippen LogP contribution in [-0.4, -0.2) is 23.2 Å². The molecule has 0 atom stereocenters. The van der Waals surface area contributed by atoms with Gasteiger partial charge < -0.3 is 10.4 Å². The number of hydrogen-bond acceptors (Lipinski definition) is 2. The van der Waals surface area contributed by atoms with Crippen LogP contribution < -0.4 is 5.32 Å². The Bertz CT molecular complexity index is 513. The Balaban J connectivity index is 1.70. The highest BCUT2D eigenvalue weighted by Crippen LogP contribution is 2.27. The fourth-order valence-electron chi connectivity index (χ4n) is 2.91. The van der Waals surface area contributed by atoms with Gasteiger partial charge in [-0.25, -0.2) is 8.78 Å². The van der Waals surface area contributed by atoms with E-state index >= 15 is 0 Å². The molecule has 22 heavy (non-hydrogen) atoms. The van der Waals surface area contributed by atoms with E-state index in [1.165, 1.54) is 0 Å². The molecule has 1 saturated carbocycles. The molecule has 1 aromatic rings. The van der Waals surface area contributed by atoms with Gasteiger partial charge in [-0.05, 0) is 49.4 Å². The van der Waals surface area contributed by atoms with Gasteiger partial charge in [-0.2, -0.15) is 0 Å². The molecule has 1 aliphatic carbocycles. The van der Waals surface area contributed by atoms with Gasteiger partial charge in [-0.1, -0.05) is 19.3 Å². The van der Waals surface area contributed by atoms with E-state index in [4.69, 9.17) is 0 Å². The first-order valence-electron chi connectivity index (χ1n) is 7.92. The molecule has 1 aromatic carbocycles. The van der Waals surface area contributed by atoms with Crippen LogP contribution in [0.2, 0.25) is 0 Å². The number of aliphatic hydroxyl groups is 1. The highest BCUT2D eigenvalue weighted by molar-refractivity contribution is 5.75. The Labute approximate surface area is 129 Å². The summed E-state index contributed by atoms with van der Waals surface area (Å²) >= 11 is 0. The maximum absolute atomic E-state index is 13.4. The van der Waals surface area contributed by atoms with E-state index in [0.29, 0.717) is 18.4 Å². The maximum Gasteiger partial charge on any atom is 0.220 e. The van der Waals surface area contributed by atoms with Gasteiger partial charge in [-0.3, -0.25) is 4.79 Å². The zero-order valence-corrected chi connectivity index (χ0v) is 12.7. The number of amides is 1. The highest BCUT2D eigenvalue weighted by Gasteiger charge is 2.29. The second-order valence-corrected chi connectivity index (χ2v) is 6.15. The van der Waals surface area contributed by atoms with Crippen LogP contribution in [0.5, 0.6) is 0 Å².